The molecular formula is C13H9BrN2O2S. The largest absolute Gasteiger partial charge is 0.495 e. The van der Waals surface area contributed by atoms with Crippen LogP contribution in [0, 0.1) is 11.3 Å². The summed E-state index contributed by atoms with van der Waals surface area (Å²) in [7, 11) is 1.49. The molecule has 0 spiro atoms. The number of nitrogens with one attached hydrogen (secondary N) is 1. The maximum Gasteiger partial charge on any atom is 0.265 e. The first kappa shape index (κ1) is 13.6. The molecule has 1 heterocycles. The summed E-state index contributed by atoms with van der Waals surface area (Å²) >= 11 is 4.66. The van der Waals surface area contributed by atoms with Crippen molar-refractivity contribution in [3.05, 3.63) is 44.6 Å². The number of ether oxygens (including phenoxy) is 1. The molecule has 2 rings (SSSR count). The minimum atomic E-state index is -0.210. The maximum atomic E-state index is 12.0. The van der Waals surface area contributed by atoms with Crippen LogP contribution in [-0.4, -0.2) is 13.0 Å². The molecule has 1 aromatic heterocycles. The number of nitrogens with zero attached hydrogens (tertiary/aromatic N) is 1. The normalized spacial score (nSPS) is 9.74. The Balaban J connectivity index is 2.24. The fourth-order valence-corrected chi connectivity index (χ4v) is 2.77. The molecule has 0 saturated carbocycles. The van der Waals surface area contributed by atoms with Crippen LogP contribution in [0.3, 0.4) is 0 Å². The van der Waals surface area contributed by atoms with Gasteiger partial charge in [-0.1, -0.05) is 0 Å². The highest BCUT2D eigenvalue weighted by Gasteiger charge is 2.12. The number of rotatable bonds is 3. The van der Waals surface area contributed by atoms with E-state index in [1.807, 2.05) is 12.1 Å². The van der Waals surface area contributed by atoms with Gasteiger partial charge < -0.3 is 10.1 Å². The first-order valence-corrected chi connectivity index (χ1v) is 6.90. The van der Waals surface area contributed by atoms with E-state index in [9.17, 15) is 4.79 Å². The Kier molecular flexibility index (Phi) is 4.20. The fraction of sp³-hybridized carbons (Fsp3) is 0.0769. The molecule has 0 fully saturated rings. The van der Waals surface area contributed by atoms with E-state index in [1.165, 1.54) is 18.4 Å². The molecule has 0 aliphatic rings. The highest BCUT2D eigenvalue weighted by molar-refractivity contribution is 9.11. The molecule has 0 radical (unpaired) electrons. The van der Waals surface area contributed by atoms with Gasteiger partial charge in [-0.15, -0.1) is 11.3 Å². The first-order chi connectivity index (χ1) is 9.13. The Bertz CT molecular complexity index is 661. The van der Waals surface area contributed by atoms with Crippen molar-refractivity contribution in [1.82, 2.24) is 0 Å². The molecule has 2 aromatic rings. The Hall–Kier alpha value is -1.84. The number of halogens is 1. The van der Waals surface area contributed by atoms with Crippen LogP contribution in [0.25, 0.3) is 0 Å². The van der Waals surface area contributed by atoms with E-state index < -0.39 is 0 Å². The first-order valence-electron chi connectivity index (χ1n) is 5.29. The minimum absolute atomic E-state index is 0.210. The molecular weight excluding hydrogens is 328 g/mol. The van der Waals surface area contributed by atoms with Crippen molar-refractivity contribution >= 4 is 38.9 Å². The van der Waals surface area contributed by atoms with Gasteiger partial charge in [-0.25, -0.2) is 0 Å². The second kappa shape index (κ2) is 5.87. The van der Waals surface area contributed by atoms with Crippen LogP contribution < -0.4 is 10.1 Å². The Morgan fingerprint density at radius 2 is 2.21 bits per heavy atom. The number of methoxy groups -OCH3 is 1. The van der Waals surface area contributed by atoms with Crippen molar-refractivity contribution in [3.63, 3.8) is 0 Å². The molecule has 1 N–H and O–H groups in total. The van der Waals surface area contributed by atoms with E-state index in [-0.39, 0.29) is 5.91 Å². The van der Waals surface area contributed by atoms with Crippen LogP contribution in [-0.2, 0) is 0 Å². The average molecular weight is 337 g/mol. The third-order valence-corrected chi connectivity index (χ3v) is 4.00. The van der Waals surface area contributed by atoms with E-state index in [1.54, 1.807) is 24.3 Å². The molecule has 96 valence electrons. The van der Waals surface area contributed by atoms with Gasteiger partial charge in [0, 0.05) is 6.07 Å². The highest BCUT2D eigenvalue weighted by atomic mass is 79.9. The predicted octanol–water partition coefficient (Wildman–Crippen LogP) is 3.64. The summed E-state index contributed by atoms with van der Waals surface area (Å²) in [4.78, 5) is 12.6. The summed E-state index contributed by atoms with van der Waals surface area (Å²) in [5, 5.41) is 11.6. The molecule has 0 aliphatic carbocycles. The topological polar surface area (TPSA) is 62.1 Å². The summed E-state index contributed by atoms with van der Waals surface area (Å²) in [6, 6.07) is 10.4. The van der Waals surface area contributed by atoms with Gasteiger partial charge in [0.15, 0.2) is 0 Å². The van der Waals surface area contributed by atoms with E-state index in [2.05, 4.69) is 21.2 Å². The molecule has 19 heavy (non-hydrogen) atoms. The molecule has 0 bridgehead atoms. The summed E-state index contributed by atoms with van der Waals surface area (Å²) < 4.78 is 6.05. The molecule has 0 unspecified atom stereocenters. The third-order valence-electron chi connectivity index (χ3n) is 2.38. The van der Waals surface area contributed by atoms with Gasteiger partial charge in [-0.3, -0.25) is 4.79 Å². The molecule has 0 saturated heterocycles. The number of thiophene rings is 1. The monoisotopic (exact) mass is 336 g/mol. The maximum absolute atomic E-state index is 12.0. The lowest BCUT2D eigenvalue weighted by atomic mass is 10.2. The summed E-state index contributed by atoms with van der Waals surface area (Å²) in [6.45, 7) is 0. The van der Waals surface area contributed by atoms with E-state index >= 15 is 0 Å². The van der Waals surface area contributed by atoms with Crippen molar-refractivity contribution in [2.45, 2.75) is 0 Å². The summed E-state index contributed by atoms with van der Waals surface area (Å²) in [5.74, 6) is 0.252. The Labute approximate surface area is 122 Å². The van der Waals surface area contributed by atoms with Crippen molar-refractivity contribution in [1.29, 1.82) is 5.26 Å². The number of anilines is 1. The van der Waals surface area contributed by atoms with Gasteiger partial charge in [-0.2, -0.15) is 5.26 Å². The van der Waals surface area contributed by atoms with Gasteiger partial charge in [-0.05, 0) is 40.2 Å². The molecule has 0 aliphatic heterocycles. The number of carbonyl (C=O) groups excluding carboxylic acids is 1. The molecule has 0 atom stereocenters. The number of carbonyl (C=O) groups is 1. The van der Waals surface area contributed by atoms with Crippen LogP contribution in [0.4, 0.5) is 5.69 Å². The second-order valence-electron chi connectivity index (χ2n) is 3.58. The number of hydrogen-bond acceptors (Lipinski definition) is 4. The Morgan fingerprint density at radius 1 is 1.42 bits per heavy atom. The SMILES string of the molecule is COc1cc(C#N)ccc1NC(=O)c1ccc(Br)s1. The van der Waals surface area contributed by atoms with E-state index in [4.69, 9.17) is 10.00 Å². The second-order valence-corrected chi connectivity index (χ2v) is 6.05. The lowest BCUT2D eigenvalue weighted by Gasteiger charge is -2.09. The van der Waals surface area contributed by atoms with Gasteiger partial charge in [0.05, 0.1) is 33.1 Å². The van der Waals surface area contributed by atoms with E-state index in [0.717, 1.165) is 3.79 Å². The van der Waals surface area contributed by atoms with Crippen LogP contribution in [0.15, 0.2) is 34.1 Å². The average Bonchev–Trinajstić information content (AvgIpc) is 2.86. The molecule has 1 aromatic carbocycles. The van der Waals surface area contributed by atoms with Gasteiger partial charge in [0.2, 0.25) is 0 Å². The lowest BCUT2D eigenvalue weighted by molar-refractivity contribution is 0.103. The van der Waals surface area contributed by atoms with Crippen molar-refractivity contribution in [3.8, 4) is 11.8 Å². The van der Waals surface area contributed by atoms with Crippen LogP contribution in [0.2, 0.25) is 0 Å². The molecule has 4 nitrogen and oxygen atoms in total. The lowest BCUT2D eigenvalue weighted by Crippen LogP contribution is -2.11. The fourth-order valence-electron chi connectivity index (χ4n) is 1.48. The predicted molar refractivity (Wildman–Crippen MR) is 77.7 cm³/mol. The van der Waals surface area contributed by atoms with Crippen molar-refractivity contribution in [2.75, 3.05) is 12.4 Å². The van der Waals surface area contributed by atoms with Gasteiger partial charge >= 0.3 is 0 Å². The number of benzene rings is 1. The highest BCUT2D eigenvalue weighted by Crippen LogP contribution is 2.27. The van der Waals surface area contributed by atoms with Gasteiger partial charge in [0.25, 0.3) is 5.91 Å². The molecule has 6 heteroatoms. The van der Waals surface area contributed by atoms with Crippen LogP contribution in [0.5, 0.6) is 5.75 Å². The number of nitriles is 1. The smallest absolute Gasteiger partial charge is 0.265 e. The standard InChI is InChI=1S/C13H9BrN2O2S/c1-18-10-6-8(7-15)2-3-9(10)16-13(17)11-4-5-12(14)19-11/h2-6H,1H3,(H,16,17). The van der Waals surface area contributed by atoms with Crippen molar-refractivity contribution in [2.24, 2.45) is 0 Å². The quantitative estimate of drug-likeness (QED) is 0.930. The third kappa shape index (κ3) is 3.13. The summed E-state index contributed by atoms with van der Waals surface area (Å²) in [5.41, 5.74) is 1.02. The van der Waals surface area contributed by atoms with Gasteiger partial charge in [0.1, 0.15) is 5.75 Å². The van der Waals surface area contributed by atoms with Crippen LogP contribution in [0.1, 0.15) is 15.2 Å². The molecule has 1 amide bonds. The number of hydrogen-bond donors (Lipinski definition) is 1. The Morgan fingerprint density at radius 3 is 2.79 bits per heavy atom. The van der Waals surface area contributed by atoms with Crippen molar-refractivity contribution < 1.29 is 9.53 Å². The minimum Gasteiger partial charge on any atom is -0.495 e. The zero-order valence-corrected chi connectivity index (χ0v) is 12.3. The number of amides is 1. The van der Waals surface area contributed by atoms with Crippen LogP contribution >= 0.6 is 27.3 Å². The summed E-state index contributed by atoms with van der Waals surface area (Å²) in [6.07, 6.45) is 0. The van der Waals surface area contributed by atoms with E-state index in [0.29, 0.717) is 21.9 Å². The zero-order chi connectivity index (χ0) is 13.8. The zero-order valence-electron chi connectivity index (χ0n) is 9.94.